The van der Waals surface area contributed by atoms with Gasteiger partial charge in [-0.3, -0.25) is 0 Å². The Morgan fingerprint density at radius 3 is 2.53 bits per heavy atom. The summed E-state index contributed by atoms with van der Waals surface area (Å²) >= 11 is 1.55. The topological polar surface area (TPSA) is 65.9 Å². The summed E-state index contributed by atoms with van der Waals surface area (Å²) in [7, 11) is 4.00. The van der Waals surface area contributed by atoms with Crippen LogP contribution in [0.4, 0.5) is 5.69 Å². The van der Waals surface area contributed by atoms with E-state index in [4.69, 9.17) is 11.0 Å². The van der Waals surface area contributed by atoms with Crippen LogP contribution in [0.1, 0.15) is 10.7 Å². The van der Waals surface area contributed by atoms with Crippen molar-refractivity contribution in [2.45, 2.75) is 6.42 Å². The predicted molar refractivity (Wildman–Crippen MR) is 79.4 cm³/mol. The van der Waals surface area contributed by atoms with E-state index in [1.807, 2.05) is 43.3 Å². The standard InChI is InChI=1S/C14H16N4S/c1-18(2)11-5-3-10(4-6-11)14-12(9-16)17-13(19-14)7-8-15/h3-6H,7-8,15H2,1-2H3. The minimum absolute atomic E-state index is 0.492. The van der Waals surface area contributed by atoms with Crippen molar-refractivity contribution in [3.63, 3.8) is 0 Å². The molecule has 2 aromatic rings. The fourth-order valence-corrected chi connectivity index (χ4v) is 2.81. The van der Waals surface area contributed by atoms with Crippen molar-refractivity contribution in [2.75, 3.05) is 25.5 Å². The molecule has 4 nitrogen and oxygen atoms in total. The summed E-state index contributed by atoms with van der Waals surface area (Å²) in [4.78, 5) is 7.29. The average Bonchev–Trinajstić information content (AvgIpc) is 2.82. The molecule has 0 radical (unpaired) electrons. The Labute approximate surface area is 117 Å². The SMILES string of the molecule is CN(C)c1ccc(-c2sc(CCN)nc2C#N)cc1. The van der Waals surface area contributed by atoms with Crippen molar-refractivity contribution in [3.8, 4) is 16.5 Å². The van der Waals surface area contributed by atoms with E-state index in [0.717, 1.165) is 27.6 Å². The highest BCUT2D eigenvalue weighted by molar-refractivity contribution is 7.15. The first-order valence-corrected chi connectivity index (χ1v) is 6.85. The number of nitriles is 1. The Bertz CT molecular complexity index is 593. The first-order chi connectivity index (χ1) is 9.15. The van der Waals surface area contributed by atoms with E-state index in [1.165, 1.54) is 0 Å². The molecule has 0 saturated carbocycles. The lowest BCUT2D eigenvalue weighted by Gasteiger charge is -2.12. The summed E-state index contributed by atoms with van der Waals surface area (Å²) in [5.74, 6) is 0. The molecule has 0 aliphatic rings. The van der Waals surface area contributed by atoms with Crippen molar-refractivity contribution >= 4 is 17.0 Å². The van der Waals surface area contributed by atoms with Crippen molar-refractivity contribution < 1.29 is 0 Å². The number of nitrogens with two attached hydrogens (primary N) is 1. The molecule has 1 aromatic carbocycles. The highest BCUT2D eigenvalue weighted by atomic mass is 32.1. The van der Waals surface area contributed by atoms with Gasteiger partial charge >= 0.3 is 0 Å². The molecule has 98 valence electrons. The molecule has 0 aliphatic heterocycles. The molecule has 0 unspecified atom stereocenters. The summed E-state index contributed by atoms with van der Waals surface area (Å²) < 4.78 is 0. The molecule has 0 amide bonds. The Hall–Kier alpha value is -1.90. The molecule has 1 aromatic heterocycles. The second kappa shape index (κ2) is 5.83. The maximum absolute atomic E-state index is 9.16. The van der Waals surface area contributed by atoms with Crippen LogP contribution < -0.4 is 10.6 Å². The number of benzene rings is 1. The summed E-state index contributed by atoms with van der Waals surface area (Å²) in [6.07, 6.45) is 0.717. The van der Waals surface area contributed by atoms with Crippen LogP contribution in [0.5, 0.6) is 0 Å². The number of rotatable bonds is 4. The van der Waals surface area contributed by atoms with Crippen LogP contribution in [-0.2, 0) is 6.42 Å². The number of aromatic nitrogens is 1. The van der Waals surface area contributed by atoms with Gasteiger partial charge in [0.1, 0.15) is 6.07 Å². The molecule has 1 heterocycles. The quantitative estimate of drug-likeness (QED) is 0.927. The number of anilines is 1. The first-order valence-electron chi connectivity index (χ1n) is 6.03. The third kappa shape index (κ3) is 2.92. The Kier molecular flexibility index (Phi) is 4.15. The molecule has 0 saturated heterocycles. The van der Waals surface area contributed by atoms with Crippen molar-refractivity contribution in [1.29, 1.82) is 5.26 Å². The van der Waals surface area contributed by atoms with Crippen LogP contribution in [-0.4, -0.2) is 25.6 Å². The van der Waals surface area contributed by atoms with Crippen LogP contribution in [0.3, 0.4) is 0 Å². The molecule has 2 rings (SSSR count). The fraction of sp³-hybridized carbons (Fsp3) is 0.286. The molecule has 0 aliphatic carbocycles. The molecule has 2 N–H and O–H groups in total. The molecular weight excluding hydrogens is 256 g/mol. The lowest BCUT2D eigenvalue weighted by atomic mass is 10.1. The summed E-state index contributed by atoms with van der Waals surface area (Å²) in [6.45, 7) is 0.553. The van der Waals surface area contributed by atoms with Crippen LogP contribution in [0, 0.1) is 11.3 Å². The van der Waals surface area contributed by atoms with E-state index in [2.05, 4.69) is 11.1 Å². The van der Waals surface area contributed by atoms with Crippen molar-refractivity contribution in [3.05, 3.63) is 35.0 Å². The lowest BCUT2D eigenvalue weighted by Crippen LogP contribution is -2.07. The van der Waals surface area contributed by atoms with Crippen LogP contribution in [0.25, 0.3) is 10.4 Å². The molecule has 0 bridgehead atoms. The number of thiazole rings is 1. The second-order valence-corrected chi connectivity index (χ2v) is 5.46. The van der Waals surface area contributed by atoms with E-state index in [0.29, 0.717) is 12.2 Å². The monoisotopic (exact) mass is 272 g/mol. The summed E-state index contributed by atoms with van der Waals surface area (Å²) in [5, 5.41) is 10.1. The molecule has 0 atom stereocenters. The number of hydrogen-bond donors (Lipinski definition) is 1. The normalized spacial score (nSPS) is 10.2. The minimum atomic E-state index is 0.492. The molecule has 19 heavy (non-hydrogen) atoms. The van der Waals surface area contributed by atoms with Gasteiger partial charge in [-0.2, -0.15) is 5.26 Å². The zero-order valence-electron chi connectivity index (χ0n) is 11.1. The van der Waals surface area contributed by atoms with Crippen LogP contribution in [0.2, 0.25) is 0 Å². The summed E-state index contributed by atoms with van der Waals surface area (Å²) in [5.41, 5.74) is 8.19. The van der Waals surface area contributed by atoms with E-state index in [-0.39, 0.29) is 0 Å². The van der Waals surface area contributed by atoms with Gasteiger partial charge in [0.15, 0.2) is 5.69 Å². The highest BCUT2D eigenvalue weighted by Gasteiger charge is 2.12. The van der Waals surface area contributed by atoms with Gasteiger partial charge in [-0.25, -0.2) is 4.98 Å². The lowest BCUT2D eigenvalue weighted by molar-refractivity contribution is 0.950. The first kappa shape index (κ1) is 13.5. The van der Waals surface area contributed by atoms with Gasteiger partial charge < -0.3 is 10.6 Å². The predicted octanol–water partition coefficient (Wildman–Crippen LogP) is 2.25. The van der Waals surface area contributed by atoms with E-state index in [1.54, 1.807) is 11.3 Å². The van der Waals surface area contributed by atoms with Crippen LogP contribution >= 0.6 is 11.3 Å². The van der Waals surface area contributed by atoms with Gasteiger partial charge in [0.2, 0.25) is 0 Å². The fourth-order valence-electron chi connectivity index (χ4n) is 1.78. The minimum Gasteiger partial charge on any atom is -0.378 e. The van der Waals surface area contributed by atoms with Gasteiger partial charge in [-0.1, -0.05) is 12.1 Å². The van der Waals surface area contributed by atoms with Gasteiger partial charge in [-0.15, -0.1) is 11.3 Å². The largest absolute Gasteiger partial charge is 0.378 e. The Morgan fingerprint density at radius 1 is 1.32 bits per heavy atom. The molecular formula is C14H16N4S. The summed E-state index contributed by atoms with van der Waals surface area (Å²) in [6, 6.07) is 10.3. The number of nitrogens with zero attached hydrogens (tertiary/aromatic N) is 3. The van der Waals surface area contributed by atoms with Crippen molar-refractivity contribution in [1.82, 2.24) is 4.98 Å². The maximum Gasteiger partial charge on any atom is 0.159 e. The Balaban J connectivity index is 2.38. The molecule has 0 fully saturated rings. The third-order valence-corrected chi connectivity index (χ3v) is 3.95. The maximum atomic E-state index is 9.16. The zero-order valence-corrected chi connectivity index (χ0v) is 11.9. The average molecular weight is 272 g/mol. The molecule has 5 heteroatoms. The van der Waals surface area contributed by atoms with E-state index >= 15 is 0 Å². The third-order valence-electron chi connectivity index (χ3n) is 2.78. The number of hydrogen-bond acceptors (Lipinski definition) is 5. The highest BCUT2D eigenvalue weighted by Crippen LogP contribution is 2.31. The zero-order chi connectivity index (χ0) is 13.8. The van der Waals surface area contributed by atoms with Gasteiger partial charge in [0, 0.05) is 26.2 Å². The van der Waals surface area contributed by atoms with Crippen LogP contribution in [0.15, 0.2) is 24.3 Å². The van der Waals surface area contributed by atoms with E-state index in [9.17, 15) is 0 Å². The van der Waals surface area contributed by atoms with Gasteiger partial charge in [-0.05, 0) is 24.2 Å². The Morgan fingerprint density at radius 2 is 2.00 bits per heavy atom. The van der Waals surface area contributed by atoms with E-state index < -0.39 is 0 Å². The smallest absolute Gasteiger partial charge is 0.159 e. The second-order valence-electron chi connectivity index (χ2n) is 4.38. The molecule has 0 spiro atoms. The van der Waals surface area contributed by atoms with Gasteiger partial charge in [0.05, 0.1) is 9.88 Å². The van der Waals surface area contributed by atoms with Crippen molar-refractivity contribution in [2.24, 2.45) is 5.73 Å². The van der Waals surface area contributed by atoms with Gasteiger partial charge in [0.25, 0.3) is 0 Å².